The van der Waals surface area contributed by atoms with Crippen molar-refractivity contribution >= 4 is 35.0 Å². The first-order valence-electron chi connectivity index (χ1n) is 16.6. The van der Waals surface area contributed by atoms with E-state index in [2.05, 4.69) is 196 Å². The average molecular weight is 687 g/mol. The Morgan fingerprint density at radius 2 is 0.717 bits per heavy atom. The van der Waals surface area contributed by atoms with Gasteiger partial charge in [0.1, 0.15) is 0 Å². The molecule has 0 amide bonds. The van der Waals surface area contributed by atoms with Crippen molar-refractivity contribution < 1.29 is 17.9 Å². The van der Waals surface area contributed by atoms with Crippen molar-refractivity contribution in [2.45, 2.75) is 21.1 Å². The molecule has 2 heteroatoms. The molecular formula is C44H39SiZr. The minimum absolute atomic E-state index is 0.291. The number of hydrogen-bond donors (Lipinski definition) is 0. The predicted octanol–water partition coefficient (Wildman–Crippen LogP) is 8.18. The number of hydrogen-bond acceptors (Lipinski definition) is 0. The summed E-state index contributed by atoms with van der Waals surface area (Å²) in [5.74, 6) is -2.16. The maximum absolute atomic E-state index is 5.08. The van der Waals surface area contributed by atoms with E-state index in [1.807, 2.05) is 0 Å². The van der Waals surface area contributed by atoms with Gasteiger partial charge in [-0.05, 0) is 0 Å². The Morgan fingerprint density at radius 1 is 0.391 bits per heavy atom. The zero-order valence-electron chi connectivity index (χ0n) is 26.6. The van der Waals surface area contributed by atoms with Gasteiger partial charge in [-0.15, -0.1) is 0 Å². The standard InChI is InChI=1S/C12H11Si.2C10H9.2C6H5.Zr/c1-3-7-11(8-4-1)13-12-9-5-2-6-10-12;2*1-8-6-9-4-2-3-5-10(9)7-8;2*1-2-4-6-5-3-1;/h1-10,13H;2*2-7H,1H3;2*1-5H;. The zero-order valence-corrected chi connectivity index (χ0v) is 30.2. The third-order valence-electron chi connectivity index (χ3n) is 11.3. The molecule has 0 saturated carbocycles. The zero-order chi connectivity index (χ0) is 31.2. The topological polar surface area (TPSA) is 0 Å². The fraction of sp³-hybridized carbons (Fsp3) is 0.0909. The normalized spacial score (nSPS) is 17.8. The van der Waals surface area contributed by atoms with Gasteiger partial charge < -0.3 is 0 Å². The van der Waals surface area contributed by atoms with E-state index in [1.54, 1.807) is 16.9 Å². The molecule has 0 N–H and O–H groups in total. The molecule has 0 bridgehead atoms. The molecule has 6 aromatic rings. The van der Waals surface area contributed by atoms with E-state index in [0.717, 1.165) is 0 Å². The van der Waals surface area contributed by atoms with Gasteiger partial charge in [0.2, 0.25) is 0 Å². The van der Waals surface area contributed by atoms with Crippen LogP contribution in [0.5, 0.6) is 0 Å². The maximum atomic E-state index is 2.55. The molecule has 46 heavy (non-hydrogen) atoms. The summed E-state index contributed by atoms with van der Waals surface area (Å²) < 4.78 is 3.78. The second kappa shape index (κ2) is 11.6. The molecular weight excluding hydrogens is 648 g/mol. The van der Waals surface area contributed by atoms with Crippen LogP contribution in [0, 0.1) is 0 Å². The first kappa shape index (κ1) is 29.3. The number of allylic oxidation sites excluding steroid dienone is 2. The first-order valence-corrected chi connectivity index (χ1v) is 27.8. The van der Waals surface area contributed by atoms with Crippen LogP contribution in [0.2, 0.25) is 0 Å². The first-order chi connectivity index (χ1) is 22.6. The van der Waals surface area contributed by atoms with Crippen molar-refractivity contribution in [3.8, 4) is 0 Å². The summed E-state index contributed by atoms with van der Waals surface area (Å²) in [6.45, 7) is 4.90. The summed E-state index contributed by atoms with van der Waals surface area (Å²) in [5.41, 5.74) is 8.83. The van der Waals surface area contributed by atoms with Gasteiger partial charge in [-0.1, -0.05) is 0 Å². The molecule has 2 aliphatic rings. The second-order valence-electron chi connectivity index (χ2n) is 13.4. The van der Waals surface area contributed by atoms with Crippen LogP contribution >= 0.6 is 0 Å². The Bertz CT molecular complexity index is 1930. The van der Waals surface area contributed by atoms with E-state index in [-0.39, 0.29) is 0 Å². The second-order valence-corrected chi connectivity index (χ2v) is 40.2. The van der Waals surface area contributed by atoms with E-state index in [0.29, 0.717) is 7.25 Å². The van der Waals surface area contributed by atoms with Crippen LogP contribution < -0.4 is 16.9 Å². The summed E-state index contributed by atoms with van der Waals surface area (Å²) in [6, 6.07) is 66.0. The quantitative estimate of drug-likeness (QED) is 0.149. The van der Waals surface area contributed by atoms with E-state index >= 15 is 0 Å². The number of fused-ring (bicyclic) bond motifs is 2. The molecule has 0 spiro atoms. The van der Waals surface area contributed by atoms with Crippen molar-refractivity contribution in [2.75, 3.05) is 0 Å². The molecule has 0 fully saturated rings. The van der Waals surface area contributed by atoms with Gasteiger partial charge in [0.25, 0.3) is 0 Å². The molecule has 2 atom stereocenters. The third kappa shape index (κ3) is 4.06. The van der Waals surface area contributed by atoms with Crippen molar-refractivity contribution in [3.05, 3.63) is 203 Å². The average Bonchev–Trinajstić information content (AvgIpc) is 3.65. The fourth-order valence-electron chi connectivity index (χ4n) is 10.1. The fourth-order valence-corrected chi connectivity index (χ4v) is 64.6. The van der Waals surface area contributed by atoms with Crippen LogP contribution in [0.3, 0.4) is 0 Å². The molecule has 6 aromatic carbocycles. The van der Waals surface area contributed by atoms with Crippen LogP contribution in [0.1, 0.15) is 43.4 Å². The Balaban J connectivity index is 1.71. The van der Waals surface area contributed by atoms with Crippen LogP contribution in [0.4, 0.5) is 0 Å². The third-order valence-corrected chi connectivity index (χ3v) is 54.4. The van der Waals surface area contributed by atoms with Crippen LogP contribution in [0.15, 0.2) is 181 Å². The summed E-state index contributed by atoms with van der Waals surface area (Å²) in [4.78, 5) is 0. The molecule has 0 aromatic heterocycles. The van der Waals surface area contributed by atoms with Crippen LogP contribution in [0.25, 0.3) is 12.2 Å². The van der Waals surface area contributed by atoms with Crippen LogP contribution in [-0.2, 0) is 17.9 Å². The summed E-state index contributed by atoms with van der Waals surface area (Å²) in [6.07, 6.45) is 5.06. The van der Waals surface area contributed by atoms with Gasteiger partial charge in [0.15, 0.2) is 0 Å². The Hall–Kier alpha value is -4.10. The molecule has 0 heterocycles. The Labute approximate surface area is 275 Å². The van der Waals surface area contributed by atoms with E-state index in [1.165, 1.54) is 33.4 Å². The molecule has 2 unspecified atom stereocenters. The van der Waals surface area contributed by atoms with E-state index in [9.17, 15) is 0 Å². The number of rotatable bonds is 7. The van der Waals surface area contributed by atoms with Gasteiger partial charge in [-0.25, -0.2) is 0 Å². The van der Waals surface area contributed by atoms with Crippen molar-refractivity contribution in [1.29, 1.82) is 0 Å². The van der Waals surface area contributed by atoms with Gasteiger partial charge in [0.05, 0.1) is 0 Å². The Morgan fingerprint density at radius 3 is 1.11 bits per heavy atom. The predicted molar refractivity (Wildman–Crippen MR) is 197 cm³/mol. The van der Waals surface area contributed by atoms with Crippen molar-refractivity contribution in [2.24, 2.45) is 0 Å². The van der Waals surface area contributed by atoms with Gasteiger partial charge in [-0.2, -0.15) is 0 Å². The Kier molecular flexibility index (Phi) is 7.40. The molecule has 8 rings (SSSR count). The molecule has 0 saturated heterocycles. The SMILES string of the molecule is CC1=Cc2ccccc2[CH]1[Zr]([c]1ccccc1)([c]1ccccc1)([CH]1C(C)=Cc2ccccc21)[SiH](c1ccccc1)c1ccccc1. The summed E-state index contributed by atoms with van der Waals surface area (Å²) >= 11 is -5.08. The van der Waals surface area contributed by atoms with E-state index in [4.69, 9.17) is 0 Å². The summed E-state index contributed by atoms with van der Waals surface area (Å²) in [7, 11) is 0. The van der Waals surface area contributed by atoms with Crippen molar-refractivity contribution in [1.82, 2.24) is 0 Å². The molecule has 0 aliphatic heterocycles. The minimum atomic E-state index is -5.08. The van der Waals surface area contributed by atoms with Crippen LogP contribution in [-0.4, -0.2) is 5.92 Å². The number of benzene rings is 6. The van der Waals surface area contributed by atoms with E-state index < -0.39 is 23.9 Å². The molecule has 0 radical (unpaired) electrons. The molecule has 0 nitrogen and oxygen atoms in total. The molecule has 223 valence electrons. The molecule has 2 aliphatic carbocycles. The van der Waals surface area contributed by atoms with Gasteiger partial charge in [0, 0.05) is 0 Å². The van der Waals surface area contributed by atoms with Crippen molar-refractivity contribution in [3.63, 3.8) is 0 Å². The summed E-state index contributed by atoms with van der Waals surface area (Å²) in [5, 5.41) is 3.09. The van der Waals surface area contributed by atoms with Gasteiger partial charge >= 0.3 is 277 Å². The van der Waals surface area contributed by atoms with Gasteiger partial charge in [-0.3, -0.25) is 0 Å². The monoisotopic (exact) mass is 685 g/mol.